The lowest BCUT2D eigenvalue weighted by molar-refractivity contribution is -0.152. The van der Waals surface area contributed by atoms with E-state index in [1.807, 2.05) is 53.4 Å². The fraction of sp³-hybridized carbons (Fsp3) is 0.375. The molecule has 5 aromatic rings. The van der Waals surface area contributed by atoms with Gasteiger partial charge in [-0.15, -0.1) is 12.4 Å². The Hall–Kier alpha value is -4.44. The molecule has 50 heavy (non-hydrogen) atoms. The van der Waals surface area contributed by atoms with Gasteiger partial charge in [0.05, 0.1) is 23.6 Å². The number of fused-ring (bicyclic) bond motifs is 1. The van der Waals surface area contributed by atoms with Crippen molar-refractivity contribution in [2.24, 2.45) is 0 Å². The number of hydrogen-bond acceptors (Lipinski definition) is 6. The first-order valence-corrected chi connectivity index (χ1v) is 17.4. The molecular weight excluding hydrogens is 652 g/mol. The minimum Gasteiger partial charge on any atom is -0.464 e. The van der Waals surface area contributed by atoms with Gasteiger partial charge in [-0.3, -0.25) is 9.36 Å². The lowest BCUT2D eigenvalue weighted by Crippen LogP contribution is -2.53. The van der Waals surface area contributed by atoms with Gasteiger partial charge in [-0.1, -0.05) is 60.7 Å². The molecule has 264 valence electrons. The van der Waals surface area contributed by atoms with E-state index in [0.29, 0.717) is 17.4 Å². The molecule has 1 saturated heterocycles. The van der Waals surface area contributed by atoms with Crippen molar-refractivity contribution < 1.29 is 14.3 Å². The Labute approximate surface area is 299 Å². The van der Waals surface area contributed by atoms with Crippen LogP contribution in [0, 0.1) is 0 Å². The zero-order valence-corrected chi connectivity index (χ0v) is 29.9. The summed E-state index contributed by atoms with van der Waals surface area (Å²) in [6.45, 7) is 8.22. The van der Waals surface area contributed by atoms with E-state index in [4.69, 9.17) is 9.47 Å². The molecule has 0 unspecified atom stereocenters. The lowest BCUT2D eigenvalue weighted by Gasteiger charge is -2.34. The maximum atomic E-state index is 14.0. The number of ether oxygens (including phenoxy) is 2. The molecule has 6 rings (SSSR count). The van der Waals surface area contributed by atoms with Crippen LogP contribution >= 0.6 is 12.4 Å². The van der Waals surface area contributed by atoms with Gasteiger partial charge >= 0.3 is 11.7 Å². The van der Waals surface area contributed by atoms with Gasteiger partial charge in [-0.2, -0.15) is 0 Å². The van der Waals surface area contributed by atoms with E-state index in [1.54, 1.807) is 31.4 Å². The fourth-order valence-corrected chi connectivity index (χ4v) is 6.81. The number of hydrogen-bond donors (Lipinski definition) is 0. The van der Waals surface area contributed by atoms with Crippen LogP contribution in [-0.2, 0) is 26.4 Å². The first kappa shape index (κ1) is 36.8. The zero-order valence-electron chi connectivity index (χ0n) is 29.1. The normalized spacial score (nSPS) is 14.2. The van der Waals surface area contributed by atoms with Crippen molar-refractivity contribution in [2.45, 2.75) is 70.7 Å². The summed E-state index contributed by atoms with van der Waals surface area (Å²) in [5.74, 6) is -0.618. The molecule has 2 aromatic heterocycles. The van der Waals surface area contributed by atoms with Crippen LogP contribution in [0.1, 0.15) is 63.7 Å². The standard InChI is InChI=1S/C40H46N4O5.ClH/c1-4-48-38(46)40(2,3)44-37(45)34-29-32(42-24-12-13-25-42)19-20-35(34)43(39(44)47)26-14-11-23-41-27-21-33(22-28-41)49-36(30-15-7-5-8-16-30)31-17-9-6-10-18-31;/h5-10,12-13,15-20,24-25,29,33,36H,4,11,14,21-23,26-28H2,1-3H3;1H. The number of carbonyl (C=O) groups excluding carboxylic acids is 1. The summed E-state index contributed by atoms with van der Waals surface area (Å²) in [4.78, 5) is 43.3. The second-order valence-corrected chi connectivity index (χ2v) is 13.2. The number of carbonyl (C=O) groups is 1. The number of rotatable bonds is 13. The molecule has 0 radical (unpaired) electrons. The van der Waals surface area contributed by atoms with E-state index >= 15 is 0 Å². The van der Waals surface area contributed by atoms with Gasteiger partial charge in [-0.25, -0.2) is 14.2 Å². The van der Waals surface area contributed by atoms with E-state index in [9.17, 15) is 14.4 Å². The van der Waals surface area contributed by atoms with E-state index in [0.717, 1.165) is 66.7 Å². The largest absolute Gasteiger partial charge is 0.464 e. The van der Waals surface area contributed by atoms with Crippen molar-refractivity contribution in [2.75, 3.05) is 26.2 Å². The molecule has 0 spiro atoms. The van der Waals surface area contributed by atoms with Gasteiger partial charge in [0.25, 0.3) is 5.56 Å². The number of benzene rings is 3. The lowest BCUT2D eigenvalue weighted by atomic mass is 10.00. The molecule has 0 atom stereocenters. The van der Waals surface area contributed by atoms with Crippen LogP contribution in [0.2, 0.25) is 0 Å². The Bertz CT molecular complexity index is 1930. The minimum atomic E-state index is -1.48. The molecule has 0 N–H and O–H groups in total. The first-order valence-electron chi connectivity index (χ1n) is 17.4. The summed E-state index contributed by atoms with van der Waals surface area (Å²) in [6, 6.07) is 30.2. The molecule has 3 aromatic carbocycles. The number of likely N-dealkylation sites (tertiary alicyclic amines) is 1. The Balaban J connectivity index is 0.00000486. The molecule has 0 saturated carbocycles. The number of aryl methyl sites for hydroxylation is 1. The maximum absolute atomic E-state index is 14.0. The van der Waals surface area contributed by atoms with Gasteiger partial charge in [0, 0.05) is 37.7 Å². The molecule has 1 aliphatic heterocycles. The zero-order chi connectivity index (χ0) is 34.4. The highest BCUT2D eigenvalue weighted by atomic mass is 35.5. The molecule has 0 bridgehead atoms. The van der Waals surface area contributed by atoms with E-state index in [-0.39, 0.29) is 31.2 Å². The quantitative estimate of drug-likeness (QED) is 0.100. The van der Waals surface area contributed by atoms with Crippen molar-refractivity contribution in [3.05, 3.63) is 135 Å². The van der Waals surface area contributed by atoms with Crippen LogP contribution in [0.3, 0.4) is 0 Å². The first-order chi connectivity index (χ1) is 23.8. The van der Waals surface area contributed by atoms with Crippen molar-refractivity contribution in [1.29, 1.82) is 0 Å². The third-order valence-electron chi connectivity index (χ3n) is 9.54. The Kier molecular flexibility index (Phi) is 12.2. The van der Waals surface area contributed by atoms with E-state index < -0.39 is 22.8 Å². The second-order valence-electron chi connectivity index (χ2n) is 13.2. The van der Waals surface area contributed by atoms with Gasteiger partial charge in [0.1, 0.15) is 11.6 Å². The SMILES string of the molecule is CCOC(=O)C(C)(C)n1c(=O)c2cc(-n3cccc3)ccc2n(CCCCN2CCC(OC(c3ccccc3)c3ccccc3)CC2)c1=O.Cl. The van der Waals surface area contributed by atoms with Gasteiger partial charge in [-0.05, 0) is 94.5 Å². The van der Waals surface area contributed by atoms with Crippen LogP contribution < -0.4 is 11.2 Å². The van der Waals surface area contributed by atoms with Gasteiger partial charge < -0.3 is 18.9 Å². The molecule has 1 fully saturated rings. The average molecular weight is 699 g/mol. The maximum Gasteiger partial charge on any atom is 0.332 e. The van der Waals surface area contributed by atoms with Crippen LogP contribution in [-0.4, -0.2) is 56.9 Å². The summed E-state index contributed by atoms with van der Waals surface area (Å²) in [6.07, 6.45) is 7.42. The number of halogens is 1. The smallest absolute Gasteiger partial charge is 0.332 e. The minimum absolute atomic E-state index is 0. The van der Waals surface area contributed by atoms with Gasteiger partial charge in [0.15, 0.2) is 0 Å². The highest BCUT2D eigenvalue weighted by Crippen LogP contribution is 2.30. The Morgan fingerprint density at radius 1 is 0.840 bits per heavy atom. The second kappa shape index (κ2) is 16.5. The third-order valence-corrected chi connectivity index (χ3v) is 9.54. The van der Waals surface area contributed by atoms with E-state index in [1.165, 1.54) is 0 Å². The molecule has 1 aliphatic rings. The molecule has 0 amide bonds. The number of piperidine rings is 1. The number of unbranched alkanes of at least 4 members (excludes halogenated alkanes) is 1. The topological polar surface area (TPSA) is 87.7 Å². The highest BCUT2D eigenvalue weighted by Gasteiger charge is 2.36. The fourth-order valence-electron chi connectivity index (χ4n) is 6.81. The number of aromatic nitrogens is 3. The van der Waals surface area contributed by atoms with Crippen molar-refractivity contribution >= 4 is 29.3 Å². The van der Waals surface area contributed by atoms with Crippen molar-refractivity contribution in [3.8, 4) is 5.69 Å². The van der Waals surface area contributed by atoms with Crippen molar-refractivity contribution in [3.63, 3.8) is 0 Å². The summed E-state index contributed by atoms with van der Waals surface area (Å²) < 4.78 is 16.6. The van der Waals surface area contributed by atoms with Crippen LogP contribution in [0.4, 0.5) is 0 Å². The summed E-state index contributed by atoms with van der Waals surface area (Å²) in [5.41, 5.74) is 1.20. The van der Waals surface area contributed by atoms with Crippen LogP contribution in [0.15, 0.2) is 113 Å². The molecule has 3 heterocycles. The third kappa shape index (κ3) is 7.96. The number of nitrogens with zero attached hydrogens (tertiary/aromatic N) is 4. The number of esters is 1. The van der Waals surface area contributed by atoms with Crippen LogP contribution in [0.5, 0.6) is 0 Å². The molecule has 9 nitrogen and oxygen atoms in total. The van der Waals surface area contributed by atoms with Gasteiger partial charge in [0.2, 0.25) is 0 Å². The van der Waals surface area contributed by atoms with Crippen molar-refractivity contribution in [1.82, 2.24) is 18.6 Å². The predicted octanol–water partition coefficient (Wildman–Crippen LogP) is 6.72. The predicted molar refractivity (Wildman–Crippen MR) is 200 cm³/mol. The molecule has 0 aliphatic carbocycles. The van der Waals surface area contributed by atoms with Crippen LogP contribution in [0.25, 0.3) is 16.6 Å². The molecule has 10 heteroatoms. The van der Waals surface area contributed by atoms with E-state index in [2.05, 4.69) is 53.4 Å². The average Bonchev–Trinajstić information content (AvgIpc) is 3.67. The Morgan fingerprint density at radius 2 is 1.44 bits per heavy atom. The highest BCUT2D eigenvalue weighted by molar-refractivity contribution is 5.85. The summed E-state index contributed by atoms with van der Waals surface area (Å²) >= 11 is 0. The Morgan fingerprint density at radius 3 is 2.04 bits per heavy atom. The summed E-state index contributed by atoms with van der Waals surface area (Å²) in [5, 5.41) is 0.384. The molecular formula is C40H47ClN4O5. The summed E-state index contributed by atoms with van der Waals surface area (Å²) in [7, 11) is 0. The monoisotopic (exact) mass is 698 g/mol.